The number of halogens is 1. The molecule has 2 aromatic carbocycles. The molecule has 5 aromatic rings. The number of carbonyl (C=O) groups is 1. The van der Waals surface area contributed by atoms with Gasteiger partial charge < -0.3 is 5.32 Å². The molecule has 0 aliphatic heterocycles. The molecule has 34 heavy (non-hydrogen) atoms. The molecule has 0 fully saturated rings. The number of amides is 1. The first-order valence-corrected chi connectivity index (χ1v) is 11.7. The van der Waals surface area contributed by atoms with Gasteiger partial charge in [-0.2, -0.15) is 4.68 Å². The molecule has 0 aliphatic rings. The van der Waals surface area contributed by atoms with Gasteiger partial charge >= 0.3 is 0 Å². The van der Waals surface area contributed by atoms with E-state index in [4.69, 9.17) is 11.6 Å². The summed E-state index contributed by atoms with van der Waals surface area (Å²) in [6.07, 6.45) is 3.99. The highest BCUT2D eigenvalue weighted by atomic mass is 35.5. The van der Waals surface area contributed by atoms with E-state index in [0.717, 1.165) is 16.8 Å². The molecular weight excluding hydrogens is 472 g/mol. The lowest BCUT2D eigenvalue weighted by atomic mass is 10.1. The summed E-state index contributed by atoms with van der Waals surface area (Å²) in [4.78, 5) is 13.4. The SMILES string of the molecule is O=C(NC(Cc1ccccc1)Cn1cc(-c2cc(Cl)ccc2-n2cnnn2)nn1)c1cccs1. The van der Waals surface area contributed by atoms with Crippen LogP contribution in [0.4, 0.5) is 0 Å². The standard InChI is InChI=1S/C23H19ClN8OS/c24-17-8-9-21(32-15-25-28-30-32)19(12-17)20-14-31(29-27-20)13-18(11-16-5-2-1-3-6-16)26-23(33)22-7-4-10-34-22/h1-10,12,14-15,18H,11,13H2,(H,26,33). The van der Waals surface area contributed by atoms with E-state index < -0.39 is 0 Å². The molecule has 0 saturated heterocycles. The van der Waals surface area contributed by atoms with Gasteiger partial charge in [-0.3, -0.25) is 4.79 Å². The number of aromatic nitrogens is 7. The second-order valence-electron chi connectivity index (χ2n) is 7.58. The summed E-state index contributed by atoms with van der Waals surface area (Å²) >= 11 is 7.66. The highest BCUT2D eigenvalue weighted by Gasteiger charge is 2.18. The van der Waals surface area contributed by atoms with E-state index in [-0.39, 0.29) is 11.9 Å². The van der Waals surface area contributed by atoms with Crippen molar-refractivity contribution in [3.63, 3.8) is 0 Å². The normalized spacial score (nSPS) is 11.9. The molecule has 170 valence electrons. The van der Waals surface area contributed by atoms with E-state index in [9.17, 15) is 4.79 Å². The molecule has 9 nitrogen and oxygen atoms in total. The number of benzene rings is 2. The molecule has 1 unspecified atom stereocenters. The monoisotopic (exact) mass is 490 g/mol. The average Bonchev–Trinajstić information content (AvgIpc) is 3.62. The maximum absolute atomic E-state index is 12.8. The second-order valence-corrected chi connectivity index (χ2v) is 8.96. The Morgan fingerprint density at radius 2 is 1.97 bits per heavy atom. The van der Waals surface area contributed by atoms with Crippen molar-refractivity contribution in [3.05, 3.63) is 94.0 Å². The van der Waals surface area contributed by atoms with E-state index in [2.05, 4.69) is 31.2 Å². The van der Waals surface area contributed by atoms with E-state index in [1.807, 2.05) is 60.1 Å². The van der Waals surface area contributed by atoms with Crippen LogP contribution in [0.5, 0.6) is 0 Å². The van der Waals surface area contributed by atoms with Crippen LogP contribution < -0.4 is 5.32 Å². The largest absolute Gasteiger partial charge is 0.346 e. The van der Waals surface area contributed by atoms with Crippen molar-refractivity contribution in [1.29, 1.82) is 0 Å². The maximum atomic E-state index is 12.8. The molecule has 1 atom stereocenters. The molecule has 1 N–H and O–H groups in total. The predicted octanol–water partition coefficient (Wildman–Crippen LogP) is 3.68. The lowest BCUT2D eigenvalue weighted by Crippen LogP contribution is -2.39. The van der Waals surface area contributed by atoms with Crippen molar-refractivity contribution < 1.29 is 4.79 Å². The summed E-state index contributed by atoms with van der Waals surface area (Å²) in [5, 5.41) is 25.6. The van der Waals surface area contributed by atoms with Gasteiger partial charge in [0.15, 0.2) is 0 Å². The predicted molar refractivity (Wildman–Crippen MR) is 129 cm³/mol. The Morgan fingerprint density at radius 3 is 2.74 bits per heavy atom. The quantitative estimate of drug-likeness (QED) is 0.356. The molecule has 1 amide bonds. The molecule has 3 heterocycles. The zero-order valence-electron chi connectivity index (χ0n) is 17.8. The van der Waals surface area contributed by atoms with Gasteiger partial charge in [0, 0.05) is 10.6 Å². The second kappa shape index (κ2) is 9.94. The van der Waals surface area contributed by atoms with Gasteiger partial charge in [0.05, 0.1) is 29.3 Å². The van der Waals surface area contributed by atoms with Gasteiger partial charge in [-0.1, -0.05) is 53.2 Å². The first-order chi connectivity index (χ1) is 16.7. The molecule has 0 saturated carbocycles. The Labute approximate surface area is 204 Å². The summed E-state index contributed by atoms with van der Waals surface area (Å²) < 4.78 is 3.27. The third-order valence-corrected chi connectivity index (χ3v) is 6.29. The lowest BCUT2D eigenvalue weighted by Gasteiger charge is -2.18. The fourth-order valence-electron chi connectivity index (χ4n) is 3.65. The van der Waals surface area contributed by atoms with Crippen LogP contribution in [0.2, 0.25) is 5.02 Å². The number of nitrogens with one attached hydrogen (secondary N) is 1. The third-order valence-electron chi connectivity index (χ3n) is 5.18. The minimum atomic E-state index is -0.190. The zero-order chi connectivity index (χ0) is 23.3. The minimum absolute atomic E-state index is 0.105. The number of tetrazole rings is 1. The van der Waals surface area contributed by atoms with Crippen LogP contribution in [0.25, 0.3) is 16.9 Å². The van der Waals surface area contributed by atoms with Crippen LogP contribution in [-0.4, -0.2) is 47.2 Å². The third kappa shape index (κ3) is 5.03. The smallest absolute Gasteiger partial charge is 0.261 e. The molecule has 5 rings (SSSR count). The summed E-state index contributed by atoms with van der Waals surface area (Å²) in [5.41, 5.74) is 3.22. The van der Waals surface area contributed by atoms with Gasteiger partial charge in [-0.25, -0.2) is 4.68 Å². The highest BCUT2D eigenvalue weighted by molar-refractivity contribution is 7.12. The van der Waals surface area contributed by atoms with Gasteiger partial charge in [0.1, 0.15) is 12.0 Å². The van der Waals surface area contributed by atoms with Crippen LogP contribution in [0.3, 0.4) is 0 Å². The van der Waals surface area contributed by atoms with Crippen molar-refractivity contribution in [2.24, 2.45) is 0 Å². The fraction of sp³-hybridized carbons (Fsp3) is 0.130. The molecule has 0 bridgehead atoms. The summed E-state index contributed by atoms with van der Waals surface area (Å²) in [6, 6.07) is 18.9. The molecule has 0 spiro atoms. The van der Waals surface area contributed by atoms with Crippen molar-refractivity contribution in [2.75, 3.05) is 0 Å². The average molecular weight is 491 g/mol. The van der Waals surface area contributed by atoms with Crippen molar-refractivity contribution in [3.8, 4) is 16.9 Å². The Hall–Kier alpha value is -3.89. The first-order valence-electron chi connectivity index (χ1n) is 10.5. The van der Waals surface area contributed by atoms with Crippen LogP contribution in [0.1, 0.15) is 15.2 Å². The number of nitrogens with zero attached hydrogens (tertiary/aromatic N) is 7. The summed E-state index contributed by atoms with van der Waals surface area (Å²) in [6.45, 7) is 0.444. The molecule has 3 aromatic heterocycles. The van der Waals surface area contributed by atoms with Crippen molar-refractivity contribution in [1.82, 2.24) is 40.5 Å². The summed E-state index contributed by atoms with van der Waals surface area (Å²) in [7, 11) is 0. The Morgan fingerprint density at radius 1 is 1.09 bits per heavy atom. The summed E-state index contributed by atoms with van der Waals surface area (Å²) in [5.74, 6) is -0.105. The zero-order valence-corrected chi connectivity index (χ0v) is 19.4. The molecular formula is C23H19ClN8OS. The Balaban J connectivity index is 1.40. The van der Waals surface area contributed by atoms with Gasteiger partial charge in [-0.15, -0.1) is 21.5 Å². The Bertz CT molecular complexity index is 1370. The first kappa shape index (κ1) is 21.9. The topological polar surface area (TPSA) is 103 Å². The fourth-order valence-corrected chi connectivity index (χ4v) is 4.44. The lowest BCUT2D eigenvalue weighted by molar-refractivity contribution is 0.0936. The van der Waals surface area contributed by atoms with Crippen LogP contribution in [-0.2, 0) is 13.0 Å². The van der Waals surface area contributed by atoms with E-state index in [0.29, 0.717) is 28.6 Å². The van der Waals surface area contributed by atoms with Crippen LogP contribution >= 0.6 is 22.9 Å². The molecule has 0 aliphatic carbocycles. The van der Waals surface area contributed by atoms with Gasteiger partial charge in [0.2, 0.25) is 0 Å². The van der Waals surface area contributed by atoms with Crippen molar-refractivity contribution >= 4 is 28.8 Å². The van der Waals surface area contributed by atoms with E-state index in [1.165, 1.54) is 17.7 Å². The van der Waals surface area contributed by atoms with Crippen LogP contribution in [0, 0.1) is 0 Å². The van der Waals surface area contributed by atoms with Gasteiger partial charge in [0.25, 0.3) is 5.91 Å². The highest BCUT2D eigenvalue weighted by Crippen LogP contribution is 2.27. The van der Waals surface area contributed by atoms with E-state index in [1.54, 1.807) is 21.5 Å². The van der Waals surface area contributed by atoms with Crippen LogP contribution in [0.15, 0.2) is 78.6 Å². The minimum Gasteiger partial charge on any atom is -0.346 e. The number of thiophene rings is 1. The maximum Gasteiger partial charge on any atom is 0.261 e. The van der Waals surface area contributed by atoms with Crippen molar-refractivity contribution in [2.45, 2.75) is 19.0 Å². The number of hydrogen-bond donors (Lipinski definition) is 1. The van der Waals surface area contributed by atoms with Gasteiger partial charge in [-0.05, 0) is 52.1 Å². The number of carbonyl (C=O) groups excluding carboxylic acids is 1. The van der Waals surface area contributed by atoms with E-state index >= 15 is 0 Å². The number of hydrogen-bond acceptors (Lipinski definition) is 7. The molecule has 0 radical (unpaired) electrons. The molecule has 11 heteroatoms. The number of rotatable bonds is 8. The Kier molecular flexibility index (Phi) is 6.41.